The number of aryl methyl sites for hydroxylation is 2. The van der Waals surface area contributed by atoms with Crippen LogP contribution in [0.1, 0.15) is 99.1 Å². The van der Waals surface area contributed by atoms with Gasteiger partial charge in [0.2, 0.25) is 12.6 Å². The van der Waals surface area contributed by atoms with E-state index >= 15 is 0 Å². The van der Waals surface area contributed by atoms with E-state index in [4.69, 9.17) is 28.9 Å². The zero-order chi connectivity index (χ0) is 50.5. The van der Waals surface area contributed by atoms with Gasteiger partial charge in [0.25, 0.3) is 0 Å². The molecule has 72 heavy (non-hydrogen) atoms. The van der Waals surface area contributed by atoms with Gasteiger partial charge in [0, 0.05) is 44.3 Å². The van der Waals surface area contributed by atoms with Crippen molar-refractivity contribution in [3.05, 3.63) is 107 Å². The van der Waals surface area contributed by atoms with Gasteiger partial charge in [-0.2, -0.15) is 0 Å². The molecule has 0 amide bonds. The normalized spacial score (nSPS) is 25.0. The summed E-state index contributed by atoms with van der Waals surface area (Å²) in [5, 5.41) is 82.2. The molecule has 9 rings (SSSR count). The Morgan fingerprint density at radius 3 is 1.19 bits per heavy atom. The van der Waals surface area contributed by atoms with Crippen molar-refractivity contribution in [1.82, 2.24) is 19.9 Å². The third-order valence-corrected chi connectivity index (χ3v) is 14.0. The number of ether oxygens (including phenoxy) is 4. The zero-order valence-electron chi connectivity index (χ0n) is 40.6. The summed E-state index contributed by atoms with van der Waals surface area (Å²) in [7, 11) is 0. The smallest absolute Gasteiger partial charge is 0.229 e. The second kappa shape index (κ2) is 23.0. The molecule has 10 atom stereocenters. The van der Waals surface area contributed by atoms with E-state index in [0.29, 0.717) is 11.5 Å². The SMILES string of the molecule is CCCCCCc1c2nc(c(-c3ccc(OC4O[C@H](CO)C(O)C(O)[C@H]4O)cc3)c3ccc([nH]3)c(CCCCCC)c3nc(c(-c4ccc(OC5OC(CO)[C@H](O)C(O)C5O)cc4)c4ccc1[nH]4)C=C3)C=C2. The van der Waals surface area contributed by atoms with E-state index in [1.807, 2.05) is 36.4 Å². The van der Waals surface area contributed by atoms with E-state index in [0.717, 1.165) is 142 Å². The molecule has 10 N–H and O–H groups in total. The van der Waals surface area contributed by atoms with E-state index in [1.165, 1.54) is 0 Å². The third-order valence-electron chi connectivity index (χ3n) is 14.0. The Labute approximate surface area is 417 Å². The van der Waals surface area contributed by atoms with Gasteiger partial charge in [0.05, 0.1) is 36.0 Å². The van der Waals surface area contributed by atoms with Gasteiger partial charge in [-0.25, -0.2) is 9.97 Å². The van der Waals surface area contributed by atoms with Crippen molar-refractivity contribution in [1.29, 1.82) is 0 Å². The number of aromatic nitrogens is 4. The predicted molar refractivity (Wildman–Crippen MR) is 274 cm³/mol. The molecule has 4 aliphatic rings. The molecule has 3 aromatic heterocycles. The molecule has 5 aromatic rings. The molecule has 0 spiro atoms. The molecule has 7 heterocycles. The molecular formula is C56H66N4O12. The molecule has 2 aromatic carbocycles. The van der Waals surface area contributed by atoms with Crippen LogP contribution in [0.15, 0.2) is 72.8 Å². The van der Waals surface area contributed by atoms with Crippen molar-refractivity contribution < 1.29 is 59.8 Å². The van der Waals surface area contributed by atoms with Crippen LogP contribution < -0.4 is 9.47 Å². The minimum atomic E-state index is -1.57. The van der Waals surface area contributed by atoms with Crippen molar-refractivity contribution in [2.45, 2.75) is 139 Å². The largest absolute Gasteiger partial charge is 0.462 e. The molecule has 16 nitrogen and oxygen atoms in total. The van der Waals surface area contributed by atoms with E-state index < -0.39 is 74.6 Å². The summed E-state index contributed by atoms with van der Waals surface area (Å²) in [6.07, 6.45) is 4.14. The Morgan fingerprint density at radius 1 is 0.444 bits per heavy atom. The fourth-order valence-corrected chi connectivity index (χ4v) is 9.91. The molecule has 382 valence electrons. The molecule has 0 saturated carbocycles. The topological polar surface area (TPSA) is 256 Å². The van der Waals surface area contributed by atoms with Crippen molar-refractivity contribution in [3.63, 3.8) is 0 Å². The van der Waals surface area contributed by atoms with Gasteiger partial charge in [0.1, 0.15) is 60.3 Å². The Kier molecular flexibility index (Phi) is 16.3. The van der Waals surface area contributed by atoms with Gasteiger partial charge < -0.3 is 69.8 Å². The highest BCUT2D eigenvalue weighted by atomic mass is 16.7. The van der Waals surface area contributed by atoms with E-state index in [-0.39, 0.29) is 0 Å². The highest BCUT2D eigenvalue weighted by Gasteiger charge is 2.46. The van der Waals surface area contributed by atoms with E-state index in [1.54, 1.807) is 24.3 Å². The minimum Gasteiger partial charge on any atom is -0.462 e. The highest BCUT2D eigenvalue weighted by Crippen LogP contribution is 2.37. The van der Waals surface area contributed by atoms with Crippen LogP contribution in [-0.2, 0) is 22.3 Å². The van der Waals surface area contributed by atoms with Gasteiger partial charge in [0.15, 0.2) is 0 Å². The maximum atomic E-state index is 10.7. The maximum absolute atomic E-state index is 10.7. The fraction of sp³-hybridized carbons (Fsp3) is 0.429. The quantitative estimate of drug-likeness (QED) is 0.0407. The fourth-order valence-electron chi connectivity index (χ4n) is 9.91. The van der Waals surface area contributed by atoms with Crippen LogP contribution in [0.2, 0.25) is 0 Å². The van der Waals surface area contributed by atoms with Crippen LogP contribution in [0.3, 0.4) is 0 Å². The first-order valence-electron chi connectivity index (χ1n) is 25.3. The number of rotatable bonds is 18. The summed E-state index contributed by atoms with van der Waals surface area (Å²) < 4.78 is 23.2. The number of fused-ring (bicyclic) bond motifs is 8. The van der Waals surface area contributed by atoms with Crippen molar-refractivity contribution in [2.24, 2.45) is 0 Å². The number of hydrogen-bond acceptors (Lipinski definition) is 14. The average molecular weight is 987 g/mol. The monoisotopic (exact) mass is 986 g/mol. The Balaban J connectivity index is 1.18. The number of nitrogens with one attached hydrogen (secondary N) is 2. The number of hydrogen-bond donors (Lipinski definition) is 10. The third kappa shape index (κ3) is 10.8. The molecule has 8 bridgehead atoms. The van der Waals surface area contributed by atoms with Crippen molar-refractivity contribution >= 4 is 46.4 Å². The summed E-state index contributed by atoms with van der Waals surface area (Å²) in [4.78, 5) is 18.3. The van der Waals surface area contributed by atoms with Crippen LogP contribution in [-0.4, -0.2) is 135 Å². The minimum absolute atomic E-state index is 0.347. The number of aliphatic hydroxyl groups excluding tert-OH is 8. The summed E-state index contributed by atoms with van der Waals surface area (Å²) in [6.45, 7) is 3.26. The van der Waals surface area contributed by atoms with Crippen molar-refractivity contribution in [2.75, 3.05) is 13.2 Å². The highest BCUT2D eigenvalue weighted by molar-refractivity contribution is 5.94. The molecule has 2 saturated heterocycles. The van der Waals surface area contributed by atoms with Crippen LogP contribution in [0.4, 0.5) is 0 Å². The first-order valence-corrected chi connectivity index (χ1v) is 25.3. The van der Waals surface area contributed by atoms with E-state index in [2.05, 4.69) is 60.2 Å². The second-order valence-electron chi connectivity index (χ2n) is 19.0. The number of nitrogens with zero attached hydrogens (tertiary/aromatic N) is 2. The van der Waals surface area contributed by atoms with Crippen molar-refractivity contribution in [3.8, 4) is 33.8 Å². The van der Waals surface area contributed by atoms with Gasteiger partial charge in [-0.05, 0) is 110 Å². The van der Waals surface area contributed by atoms with Crippen LogP contribution in [0.5, 0.6) is 11.5 Å². The lowest BCUT2D eigenvalue weighted by Gasteiger charge is -2.39. The predicted octanol–water partition coefficient (Wildman–Crippen LogP) is 6.59. The lowest BCUT2D eigenvalue weighted by molar-refractivity contribution is -0.277. The van der Waals surface area contributed by atoms with Crippen LogP contribution in [0, 0.1) is 0 Å². The van der Waals surface area contributed by atoms with Gasteiger partial charge >= 0.3 is 0 Å². The first kappa shape index (κ1) is 51.2. The zero-order valence-corrected chi connectivity index (χ0v) is 40.6. The Morgan fingerprint density at radius 2 is 0.819 bits per heavy atom. The lowest BCUT2D eigenvalue weighted by atomic mass is 9.99. The number of unbranched alkanes of at least 4 members (excludes halogenated alkanes) is 6. The number of benzene rings is 2. The molecule has 4 aliphatic heterocycles. The van der Waals surface area contributed by atoms with Gasteiger partial charge in [-0.15, -0.1) is 0 Å². The second-order valence-corrected chi connectivity index (χ2v) is 19.0. The molecule has 16 heteroatoms. The maximum Gasteiger partial charge on any atom is 0.229 e. The average Bonchev–Trinajstić information content (AvgIpc) is 4.26. The van der Waals surface area contributed by atoms with Crippen LogP contribution in [0.25, 0.3) is 68.6 Å². The van der Waals surface area contributed by atoms with E-state index in [9.17, 15) is 40.9 Å². The molecule has 0 aliphatic carbocycles. The summed E-state index contributed by atoms with van der Waals surface area (Å²) in [5.41, 5.74) is 12.2. The molecule has 2 fully saturated rings. The Bertz CT molecular complexity index is 2680. The lowest BCUT2D eigenvalue weighted by Crippen LogP contribution is -2.60. The molecular weight excluding hydrogens is 921 g/mol. The summed E-state index contributed by atoms with van der Waals surface area (Å²) in [6, 6.07) is 22.9. The molecule has 0 radical (unpaired) electrons. The van der Waals surface area contributed by atoms with Gasteiger partial charge in [-0.1, -0.05) is 76.6 Å². The number of aromatic amines is 2. The number of H-pyrrole nitrogens is 2. The standard InChI is InChI=1S/C56H66N4O12/c1-3-5-7-9-11-35-37-21-25-41(57-37)47(31-13-17-33(18-14-31)69-55-53(67)51(65)49(63)45(29-61)71-55)43-27-23-39(59-43)36(12-10-8-6-4-2)40-24-28-44(60-40)48(42-26-22-38(35)58-42)32-15-19-34(20-16-32)70-56-54(68)52(66)50(64)46(30-62)72-56/h13-28,45-46,49-57,60-68H,3-12,29-30H2,1-2H3/t45-,46?,49?,50+,51?,52?,53-,54?,55?,56?/m1/s1. The molecule has 7 unspecified atom stereocenters. The Hall–Kier alpha value is -5.76. The van der Waals surface area contributed by atoms with Gasteiger partial charge in [-0.3, -0.25) is 0 Å². The van der Waals surface area contributed by atoms with Crippen LogP contribution >= 0.6 is 0 Å². The number of aliphatic hydroxyl groups is 8. The first-order chi connectivity index (χ1) is 35.0. The summed E-state index contributed by atoms with van der Waals surface area (Å²) >= 11 is 0. The summed E-state index contributed by atoms with van der Waals surface area (Å²) in [5.74, 6) is 0.694.